The molecule has 20 heavy (non-hydrogen) atoms. The van der Waals surface area contributed by atoms with Gasteiger partial charge in [-0.2, -0.15) is 0 Å². The number of aryl methyl sites for hydroxylation is 1. The maximum atomic E-state index is 12.5. The van der Waals surface area contributed by atoms with Crippen LogP contribution in [-0.2, 0) is 17.2 Å². The standard InChI is InChI=1S/C16H25NO2S/c1-4-10-20(18)15-9-6-12-11-13(19-3)7-8-14(12)16(15)17-5-2/h7-8,11,15-17H,4-6,9-10H2,1-3H3. The number of hydrogen-bond donors (Lipinski definition) is 1. The van der Waals surface area contributed by atoms with Crippen molar-refractivity contribution in [3.63, 3.8) is 0 Å². The summed E-state index contributed by atoms with van der Waals surface area (Å²) < 4.78 is 17.8. The molecule has 1 aliphatic rings. The van der Waals surface area contributed by atoms with E-state index in [0.29, 0.717) is 0 Å². The van der Waals surface area contributed by atoms with Crippen LogP contribution in [0.3, 0.4) is 0 Å². The summed E-state index contributed by atoms with van der Waals surface area (Å²) in [4.78, 5) is 0. The molecule has 0 saturated carbocycles. The van der Waals surface area contributed by atoms with Crippen LogP contribution in [0.2, 0.25) is 0 Å². The third kappa shape index (κ3) is 3.23. The predicted octanol–water partition coefficient (Wildman–Crippen LogP) is 2.82. The van der Waals surface area contributed by atoms with Crippen LogP contribution in [-0.4, -0.2) is 28.9 Å². The third-order valence-electron chi connectivity index (χ3n) is 3.92. The van der Waals surface area contributed by atoms with Crippen LogP contribution in [0.25, 0.3) is 0 Å². The van der Waals surface area contributed by atoms with Gasteiger partial charge < -0.3 is 10.1 Å². The largest absolute Gasteiger partial charge is 0.497 e. The molecule has 2 rings (SSSR count). The van der Waals surface area contributed by atoms with Crippen molar-refractivity contribution in [2.75, 3.05) is 19.4 Å². The Labute approximate surface area is 124 Å². The smallest absolute Gasteiger partial charge is 0.119 e. The highest BCUT2D eigenvalue weighted by molar-refractivity contribution is 7.85. The highest BCUT2D eigenvalue weighted by atomic mass is 32.2. The second kappa shape index (κ2) is 7.23. The van der Waals surface area contributed by atoms with E-state index in [2.05, 4.69) is 31.3 Å². The van der Waals surface area contributed by atoms with Gasteiger partial charge in [0.25, 0.3) is 0 Å². The Hall–Kier alpha value is -0.870. The monoisotopic (exact) mass is 295 g/mol. The molecule has 112 valence electrons. The van der Waals surface area contributed by atoms with Crippen LogP contribution in [0.1, 0.15) is 43.9 Å². The van der Waals surface area contributed by atoms with Crippen molar-refractivity contribution in [3.8, 4) is 5.75 Å². The molecule has 0 aliphatic heterocycles. The van der Waals surface area contributed by atoms with Gasteiger partial charge in [-0.15, -0.1) is 0 Å². The van der Waals surface area contributed by atoms with Crippen molar-refractivity contribution in [1.82, 2.24) is 5.32 Å². The number of fused-ring (bicyclic) bond motifs is 1. The molecular formula is C16H25NO2S. The van der Waals surface area contributed by atoms with Crippen molar-refractivity contribution >= 4 is 10.8 Å². The average Bonchev–Trinajstić information content (AvgIpc) is 2.47. The third-order valence-corrected chi connectivity index (χ3v) is 5.92. The summed E-state index contributed by atoms with van der Waals surface area (Å²) in [6.45, 7) is 5.11. The van der Waals surface area contributed by atoms with Crippen LogP contribution in [0.5, 0.6) is 5.75 Å². The van der Waals surface area contributed by atoms with Gasteiger partial charge in [0.2, 0.25) is 0 Å². The van der Waals surface area contributed by atoms with E-state index < -0.39 is 10.8 Å². The first-order chi connectivity index (χ1) is 9.71. The summed E-state index contributed by atoms with van der Waals surface area (Å²) in [5.41, 5.74) is 2.63. The molecule has 0 radical (unpaired) electrons. The fourth-order valence-corrected chi connectivity index (χ4v) is 4.62. The molecule has 3 atom stereocenters. The maximum Gasteiger partial charge on any atom is 0.119 e. The first-order valence-corrected chi connectivity index (χ1v) is 8.86. The average molecular weight is 295 g/mol. The van der Waals surface area contributed by atoms with E-state index in [1.54, 1.807) is 7.11 Å². The lowest BCUT2D eigenvalue weighted by molar-refractivity contribution is 0.411. The van der Waals surface area contributed by atoms with Gasteiger partial charge >= 0.3 is 0 Å². The molecule has 0 spiro atoms. The molecule has 0 amide bonds. The Morgan fingerprint density at radius 3 is 2.85 bits per heavy atom. The summed E-state index contributed by atoms with van der Waals surface area (Å²) >= 11 is 0. The zero-order valence-electron chi connectivity index (χ0n) is 12.6. The second-order valence-electron chi connectivity index (χ2n) is 5.26. The molecule has 0 aromatic heterocycles. The minimum absolute atomic E-state index is 0.210. The quantitative estimate of drug-likeness (QED) is 0.877. The van der Waals surface area contributed by atoms with Crippen LogP contribution in [0.4, 0.5) is 0 Å². The van der Waals surface area contributed by atoms with E-state index in [4.69, 9.17) is 4.74 Å². The number of benzene rings is 1. The van der Waals surface area contributed by atoms with Crippen molar-refractivity contribution in [3.05, 3.63) is 29.3 Å². The van der Waals surface area contributed by atoms with Gasteiger partial charge in [-0.1, -0.05) is 19.9 Å². The van der Waals surface area contributed by atoms with Gasteiger partial charge in [-0.3, -0.25) is 4.21 Å². The van der Waals surface area contributed by atoms with Gasteiger partial charge in [0.05, 0.1) is 12.4 Å². The van der Waals surface area contributed by atoms with E-state index in [9.17, 15) is 4.21 Å². The molecule has 1 N–H and O–H groups in total. The number of rotatable bonds is 6. The normalized spacial score (nSPS) is 23.1. The molecule has 0 heterocycles. The Morgan fingerprint density at radius 2 is 2.20 bits per heavy atom. The molecule has 1 aromatic rings. The Balaban J connectivity index is 2.29. The molecule has 1 aromatic carbocycles. The van der Waals surface area contributed by atoms with Crippen molar-refractivity contribution < 1.29 is 8.95 Å². The lowest BCUT2D eigenvalue weighted by Crippen LogP contribution is -2.39. The topological polar surface area (TPSA) is 38.3 Å². The first-order valence-electron chi connectivity index (χ1n) is 7.48. The Morgan fingerprint density at radius 1 is 1.40 bits per heavy atom. The van der Waals surface area contributed by atoms with Crippen molar-refractivity contribution in [1.29, 1.82) is 0 Å². The highest BCUT2D eigenvalue weighted by Crippen LogP contribution is 2.35. The fourth-order valence-electron chi connectivity index (χ4n) is 2.99. The van der Waals surface area contributed by atoms with E-state index in [1.807, 2.05) is 6.07 Å². The van der Waals surface area contributed by atoms with E-state index in [0.717, 1.165) is 37.3 Å². The van der Waals surface area contributed by atoms with Crippen LogP contribution in [0, 0.1) is 0 Å². The molecule has 3 nitrogen and oxygen atoms in total. The lowest BCUT2D eigenvalue weighted by Gasteiger charge is -2.33. The lowest BCUT2D eigenvalue weighted by atomic mass is 9.87. The summed E-state index contributed by atoms with van der Waals surface area (Å²) in [7, 11) is 0.954. The number of hydrogen-bond acceptors (Lipinski definition) is 3. The van der Waals surface area contributed by atoms with Gasteiger partial charge in [0.1, 0.15) is 5.75 Å². The molecule has 4 heteroatoms. The SMILES string of the molecule is CCCS(=O)C1CCc2cc(OC)ccc2C1NCC. The summed E-state index contributed by atoms with van der Waals surface area (Å²) in [5.74, 6) is 1.71. The van der Waals surface area contributed by atoms with Crippen LogP contribution in [0.15, 0.2) is 18.2 Å². The predicted molar refractivity (Wildman–Crippen MR) is 84.8 cm³/mol. The molecular weight excluding hydrogens is 270 g/mol. The second-order valence-corrected chi connectivity index (χ2v) is 7.04. The Kier molecular flexibility index (Phi) is 5.61. The molecule has 0 bridgehead atoms. The van der Waals surface area contributed by atoms with E-state index in [-0.39, 0.29) is 11.3 Å². The van der Waals surface area contributed by atoms with Gasteiger partial charge in [0, 0.05) is 22.6 Å². The van der Waals surface area contributed by atoms with Gasteiger partial charge in [0.15, 0.2) is 0 Å². The van der Waals surface area contributed by atoms with Crippen LogP contribution >= 0.6 is 0 Å². The summed E-state index contributed by atoms with van der Waals surface area (Å²) in [6, 6.07) is 6.48. The van der Waals surface area contributed by atoms with Gasteiger partial charge in [-0.05, 0) is 49.1 Å². The summed E-state index contributed by atoms with van der Waals surface area (Å²) in [5, 5.41) is 3.77. The first kappa shape index (κ1) is 15.5. The van der Waals surface area contributed by atoms with Crippen molar-refractivity contribution in [2.45, 2.75) is 44.4 Å². The number of methoxy groups -OCH3 is 1. The molecule has 1 aliphatic carbocycles. The minimum Gasteiger partial charge on any atom is -0.497 e. The zero-order chi connectivity index (χ0) is 14.5. The van der Waals surface area contributed by atoms with E-state index >= 15 is 0 Å². The summed E-state index contributed by atoms with van der Waals surface area (Å²) in [6.07, 6.45) is 2.97. The molecule has 3 unspecified atom stereocenters. The Bertz CT molecular complexity index is 476. The number of nitrogens with one attached hydrogen (secondary N) is 1. The van der Waals surface area contributed by atoms with E-state index in [1.165, 1.54) is 11.1 Å². The van der Waals surface area contributed by atoms with Gasteiger partial charge in [-0.25, -0.2) is 0 Å². The minimum atomic E-state index is -0.746. The maximum absolute atomic E-state index is 12.5. The van der Waals surface area contributed by atoms with Crippen molar-refractivity contribution in [2.24, 2.45) is 0 Å². The number of ether oxygens (including phenoxy) is 1. The fraction of sp³-hybridized carbons (Fsp3) is 0.625. The zero-order valence-corrected chi connectivity index (χ0v) is 13.5. The molecule has 0 fully saturated rings. The van der Waals surface area contributed by atoms with Crippen LogP contribution < -0.4 is 10.1 Å². The molecule has 0 saturated heterocycles. The highest BCUT2D eigenvalue weighted by Gasteiger charge is 2.32.